The van der Waals surface area contributed by atoms with E-state index in [9.17, 15) is 4.79 Å². The SMILES string of the molecule is NCC1C2CN(C(=O)C3CCCCC3)CC12. The van der Waals surface area contributed by atoms with Gasteiger partial charge in [0.2, 0.25) is 5.91 Å². The number of likely N-dealkylation sites (tertiary alicyclic amines) is 1. The van der Waals surface area contributed by atoms with Gasteiger partial charge >= 0.3 is 0 Å². The molecule has 0 spiro atoms. The number of hydrogen-bond donors (Lipinski definition) is 1. The van der Waals surface area contributed by atoms with Crippen molar-refractivity contribution in [2.45, 2.75) is 32.1 Å². The van der Waals surface area contributed by atoms with E-state index >= 15 is 0 Å². The minimum Gasteiger partial charge on any atom is -0.342 e. The lowest BCUT2D eigenvalue weighted by atomic mass is 9.88. The first-order chi connectivity index (χ1) is 7.81. The fourth-order valence-electron chi connectivity index (χ4n) is 3.79. The van der Waals surface area contributed by atoms with Crippen molar-refractivity contribution in [2.24, 2.45) is 29.4 Å². The summed E-state index contributed by atoms with van der Waals surface area (Å²) in [6.45, 7) is 2.82. The highest BCUT2D eigenvalue weighted by molar-refractivity contribution is 5.79. The van der Waals surface area contributed by atoms with Crippen LogP contribution in [0.3, 0.4) is 0 Å². The van der Waals surface area contributed by atoms with Gasteiger partial charge in [-0.05, 0) is 37.1 Å². The van der Waals surface area contributed by atoms with Gasteiger partial charge in [0, 0.05) is 19.0 Å². The lowest BCUT2D eigenvalue weighted by Crippen LogP contribution is -2.37. The van der Waals surface area contributed by atoms with E-state index in [1.54, 1.807) is 0 Å². The first kappa shape index (κ1) is 10.6. The minimum atomic E-state index is 0.350. The number of fused-ring (bicyclic) bond motifs is 1. The first-order valence-corrected chi connectivity index (χ1v) is 6.80. The first-order valence-electron chi connectivity index (χ1n) is 6.80. The average molecular weight is 222 g/mol. The van der Waals surface area contributed by atoms with Gasteiger partial charge in [-0.1, -0.05) is 19.3 Å². The number of hydrogen-bond acceptors (Lipinski definition) is 2. The Bertz CT molecular complexity index is 274. The summed E-state index contributed by atoms with van der Waals surface area (Å²) in [4.78, 5) is 14.4. The number of amides is 1. The Morgan fingerprint density at radius 1 is 1.12 bits per heavy atom. The lowest BCUT2D eigenvalue weighted by molar-refractivity contribution is -0.136. The molecule has 0 aromatic rings. The van der Waals surface area contributed by atoms with Crippen LogP contribution in [0.5, 0.6) is 0 Å². The monoisotopic (exact) mass is 222 g/mol. The summed E-state index contributed by atoms with van der Waals surface area (Å²) in [5.74, 6) is 3.02. The van der Waals surface area contributed by atoms with Gasteiger partial charge < -0.3 is 10.6 Å². The molecule has 2 saturated carbocycles. The number of nitrogens with zero attached hydrogens (tertiary/aromatic N) is 1. The molecule has 3 heteroatoms. The molecule has 0 aromatic carbocycles. The Labute approximate surface area is 97.4 Å². The maximum absolute atomic E-state index is 12.3. The van der Waals surface area contributed by atoms with Crippen LogP contribution in [-0.4, -0.2) is 30.4 Å². The highest BCUT2D eigenvalue weighted by Gasteiger charge is 2.55. The van der Waals surface area contributed by atoms with E-state index in [0.29, 0.717) is 11.8 Å². The standard InChI is InChI=1S/C13H22N2O/c14-6-10-11-7-15(8-12(10)11)13(16)9-4-2-1-3-5-9/h9-12H,1-8,14H2. The van der Waals surface area contributed by atoms with Crippen LogP contribution < -0.4 is 5.73 Å². The van der Waals surface area contributed by atoms with Crippen LogP contribution in [0.15, 0.2) is 0 Å². The van der Waals surface area contributed by atoms with Crippen LogP contribution in [0.1, 0.15) is 32.1 Å². The summed E-state index contributed by atoms with van der Waals surface area (Å²) in [6, 6.07) is 0. The maximum Gasteiger partial charge on any atom is 0.225 e. The Morgan fingerprint density at radius 2 is 1.75 bits per heavy atom. The molecule has 1 saturated heterocycles. The normalized spacial score (nSPS) is 38.6. The average Bonchev–Trinajstić information content (AvgIpc) is 2.81. The van der Waals surface area contributed by atoms with Crippen LogP contribution >= 0.6 is 0 Å². The second-order valence-electron chi connectivity index (χ2n) is 5.81. The summed E-state index contributed by atoms with van der Waals surface area (Å²) in [6.07, 6.45) is 6.09. The second kappa shape index (κ2) is 4.02. The summed E-state index contributed by atoms with van der Waals surface area (Å²) < 4.78 is 0. The van der Waals surface area contributed by atoms with Crippen LogP contribution in [0.2, 0.25) is 0 Å². The molecule has 1 heterocycles. The molecule has 90 valence electrons. The van der Waals surface area contributed by atoms with Crippen LogP contribution in [0.4, 0.5) is 0 Å². The Morgan fingerprint density at radius 3 is 2.31 bits per heavy atom. The van der Waals surface area contributed by atoms with Crippen molar-refractivity contribution in [3.8, 4) is 0 Å². The van der Waals surface area contributed by atoms with E-state index in [1.807, 2.05) is 0 Å². The van der Waals surface area contributed by atoms with Crippen LogP contribution in [0, 0.1) is 23.7 Å². The summed E-state index contributed by atoms with van der Waals surface area (Å²) in [7, 11) is 0. The molecule has 2 unspecified atom stereocenters. The molecular weight excluding hydrogens is 200 g/mol. The molecule has 16 heavy (non-hydrogen) atoms. The quantitative estimate of drug-likeness (QED) is 0.764. The fourth-order valence-corrected chi connectivity index (χ4v) is 3.79. The van der Waals surface area contributed by atoms with E-state index in [2.05, 4.69) is 4.90 Å². The van der Waals surface area contributed by atoms with Crippen molar-refractivity contribution in [3.05, 3.63) is 0 Å². The molecule has 3 fully saturated rings. The molecule has 3 rings (SSSR count). The van der Waals surface area contributed by atoms with Crippen molar-refractivity contribution in [3.63, 3.8) is 0 Å². The third-order valence-electron chi connectivity index (χ3n) is 4.91. The zero-order chi connectivity index (χ0) is 11.1. The Balaban J connectivity index is 1.53. The maximum atomic E-state index is 12.3. The predicted molar refractivity (Wildman–Crippen MR) is 62.7 cm³/mol. The molecule has 3 aliphatic rings. The van der Waals surface area contributed by atoms with Gasteiger partial charge in [-0.15, -0.1) is 0 Å². The molecule has 2 N–H and O–H groups in total. The molecule has 0 bridgehead atoms. The third-order valence-corrected chi connectivity index (χ3v) is 4.91. The summed E-state index contributed by atoms with van der Waals surface area (Å²) >= 11 is 0. The van der Waals surface area contributed by atoms with E-state index in [0.717, 1.165) is 50.2 Å². The van der Waals surface area contributed by atoms with Gasteiger partial charge in [-0.3, -0.25) is 4.79 Å². The number of nitrogens with two attached hydrogens (primary N) is 1. The van der Waals surface area contributed by atoms with Crippen molar-refractivity contribution < 1.29 is 4.79 Å². The van der Waals surface area contributed by atoms with E-state index in [1.165, 1.54) is 19.3 Å². The van der Waals surface area contributed by atoms with Gasteiger partial charge in [-0.25, -0.2) is 0 Å². The van der Waals surface area contributed by atoms with E-state index in [-0.39, 0.29) is 0 Å². The van der Waals surface area contributed by atoms with Crippen molar-refractivity contribution in [2.75, 3.05) is 19.6 Å². The predicted octanol–water partition coefficient (Wildman–Crippen LogP) is 1.23. The van der Waals surface area contributed by atoms with Crippen molar-refractivity contribution in [1.82, 2.24) is 4.90 Å². The van der Waals surface area contributed by atoms with Gasteiger partial charge in [0.1, 0.15) is 0 Å². The fraction of sp³-hybridized carbons (Fsp3) is 0.923. The molecule has 3 nitrogen and oxygen atoms in total. The van der Waals surface area contributed by atoms with Crippen LogP contribution in [0.25, 0.3) is 0 Å². The molecule has 2 atom stereocenters. The van der Waals surface area contributed by atoms with Crippen LogP contribution in [-0.2, 0) is 4.79 Å². The number of piperidine rings is 1. The van der Waals surface area contributed by atoms with Crippen molar-refractivity contribution >= 4 is 5.91 Å². The van der Waals surface area contributed by atoms with Gasteiger partial charge in [0.25, 0.3) is 0 Å². The minimum absolute atomic E-state index is 0.350. The Hall–Kier alpha value is -0.570. The topological polar surface area (TPSA) is 46.3 Å². The largest absolute Gasteiger partial charge is 0.342 e. The number of carbonyl (C=O) groups is 1. The molecule has 0 radical (unpaired) electrons. The molecule has 0 aromatic heterocycles. The number of carbonyl (C=O) groups excluding carboxylic acids is 1. The Kier molecular flexibility index (Phi) is 2.66. The molecule has 1 amide bonds. The molecular formula is C13H22N2O. The zero-order valence-electron chi connectivity index (χ0n) is 9.90. The third kappa shape index (κ3) is 1.65. The van der Waals surface area contributed by atoms with E-state index < -0.39 is 0 Å². The highest BCUT2D eigenvalue weighted by atomic mass is 16.2. The lowest BCUT2D eigenvalue weighted by Gasteiger charge is -2.27. The smallest absolute Gasteiger partial charge is 0.225 e. The zero-order valence-corrected chi connectivity index (χ0v) is 9.90. The van der Waals surface area contributed by atoms with Gasteiger partial charge in [0.15, 0.2) is 0 Å². The molecule has 2 aliphatic carbocycles. The number of rotatable bonds is 2. The van der Waals surface area contributed by atoms with Gasteiger partial charge in [0.05, 0.1) is 0 Å². The molecule has 1 aliphatic heterocycles. The highest BCUT2D eigenvalue weighted by Crippen LogP contribution is 2.51. The second-order valence-corrected chi connectivity index (χ2v) is 5.81. The van der Waals surface area contributed by atoms with Gasteiger partial charge in [-0.2, -0.15) is 0 Å². The summed E-state index contributed by atoms with van der Waals surface area (Å²) in [5.41, 5.74) is 5.68. The van der Waals surface area contributed by atoms with E-state index in [4.69, 9.17) is 5.73 Å². The summed E-state index contributed by atoms with van der Waals surface area (Å²) in [5, 5.41) is 0. The van der Waals surface area contributed by atoms with Crippen molar-refractivity contribution in [1.29, 1.82) is 0 Å².